The maximum atomic E-state index is 10.9. The number of benzene rings is 2. The number of phenolic OH excluding ortho intramolecular Hbond substituents is 1. The third-order valence-corrected chi connectivity index (χ3v) is 2.48. The van der Waals surface area contributed by atoms with Crippen molar-refractivity contribution in [2.45, 2.75) is 0 Å². The van der Waals surface area contributed by atoms with E-state index in [4.69, 9.17) is 0 Å². The van der Waals surface area contributed by atoms with Crippen LogP contribution in [0.15, 0.2) is 47.6 Å². The molecule has 0 bridgehead atoms. The highest BCUT2D eigenvalue weighted by Crippen LogP contribution is 2.38. The molecule has 0 atom stereocenters. The van der Waals surface area contributed by atoms with Gasteiger partial charge in [-0.25, -0.2) is 0 Å². The summed E-state index contributed by atoms with van der Waals surface area (Å²) in [6.07, 6.45) is 0. The summed E-state index contributed by atoms with van der Waals surface area (Å²) in [6, 6.07) is 10.2. The van der Waals surface area contributed by atoms with Crippen molar-refractivity contribution in [1.82, 2.24) is 0 Å². The highest BCUT2D eigenvalue weighted by molar-refractivity contribution is 5.82. The Bertz CT molecular complexity index is 643. The second-order valence-corrected chi connectivity index (χ2v) is 3.66. The molecule has 0 heterocycles. The number of hydrogen-bond acceptors (Lipinski definition) is 6. The van der Waals surface area contributed by atoms with Gasteiger partial charge in [-0.2, -0.15) is 0 Å². The Balaban J connectivity index is 2.52. The molecule has 19 heavy (non-hydrogen) atoms. The van der Waals surface area contributed by atoms with Crippen molar-refractivity contribution < 1.29 is 10.0 Å². The minimum Gasteiger partial charge on any atom is -0.506 e. The van der Waals surface area contributed by atoms with Crippen LogP contribution < -0.4 is 5.32 Å². The summed E-state index contributed by atoms with van der Waals surface area (Å²) in [6.45, 7) is 0. The molecule has 0 saturated heterocycles. The molecule has 0 aromatic heterocycles. The molecule has 0 spiro atoms. The van der Waals surface area contributed by atoms with Crippen molar-refractivity contribution >= 4 is 22.7 Å². The fraction of sp³-hybridized carbons (Fsp3) is 0. The number of anilines is 2. The highest BCUT2D eigenvalue weighted by Gasteiger charge is 2.19. The van der Waals surface area contributed by atoms with Gasteiger partial charge in [0.15, 0.2) is 0 Å². The molecule has 0 aliphatic heterocycles. The van der Waals surface area contributed by atoms with Crippen LogP contribution in [0.5, 0.6) is 5.75 Å². The first-order chi connectivity index (χ1) is 9.13. The molecule has 0 aliphatic carbocycles. The summed E-state index contributed by atoms with van der Waals surface area (Å²) in [4.78, 5) is 21.0. The number of nitrogens with zero attached hydrogens (tertiary/aromatic N) is 2. The normalized spacial score (nSPS) is 9.89. The smallest absolute Gasteiger partial charge is 0.295 e. The summed E-state index contributed by atoms with van der Waals surface area (Å²) in [7, 11) is 0. The van der Waals surface area contributed by atoms with Gasteiger partial charge >= 0.3 is 0 Å². The van der Waals surface area contributed by atoms with Crippen LogP contribution >= 0.6 is 0 Å². The van der Waals surface area contributed by atoms with Crippen LogP contribution in [-0.2, 0) is 0 Å². The minimum absolute atomic E-state index is 0.0519. The molecule has 7 heteroatoms. The first-order valence-corrected chi connectivity index (χ1v) is 5.29. The Kier molecular flexibility index (Phi) is 3.37. The van der Waals surface area contributed by atoms with Gasteiger partial charge in [-0.3, -0.25) is 10.1 Å². The van der Waals surface area contributed by atoms with E-state index < -0.39 is 4.92 Å². The SMILES string of the molecule is O=Nc1cccc([N+](=O)[O-])c1Nc1ccccc1O. The lowest BCUT2D eigenvalue weighted by molar-refractivity contribution is -0.383. The van der Waals surface area contributed by atoms with Gasteiger partial charge in [0.05, 0.1) is 10.6 Å². The summed E-state index contributed by atoms with van der Waals surface area (Å²) < 4.78 is 0. The van der Waals surface area contributed by atoms with Crippen LogP contribution in [0, 0.1) is 15.0 Å². The predicted octanol–water partition coefficient (Wildman–Crippen LogP) is 3.44. The van der Waals surface area contributed by atoms with Gasteiger partial charge in [0.2, 0.25) is 0 Å². The number of hydrogen-bond donors (Lipinski definition) is 2. The van der Waals surface area contributed by atoms with Crippen molar-refractivity contribution in [2.75, 3.05) is 5.32 Å². The third kappa shape index (κ3) is 2.49. The average molecular weight is 259 g/mol. The average Bonchev–Trinajstić information content (AvgIpc) is 2.41. The number of nitro groups is 1. The molecular formula is C12H9N3O4. The van der Waals surface area contributed by atoms with Crippen LogP contribution in [0.4, 0.5) is 22.7 Å². The van der Waals surface area contributed by atoms with E-state index in [9.17, 15) is 20.1 Å². The fourth-order valence-corrected chi connectivity index (χ4v) is 1.60. The van der Waals surface area contributed by atoms with E-state index in [1.807, 2.05) is 0 Å². The van der Waals surface area contributed by atoms with Crippen LogP contribution in [0.1, 0.15) is 0 Å². The lowest BCUT2D eigenvalue weighted by Crippen LogP contribution is -1.97. The topological polar surface area (TPSA) is 105 Å². The molecule has 2 rings (SSSR count). The molecule has 7 nitrogen and oxygen atoms in total. The number of nitro benzene ring substituents is 1. The molecule has 2 aromatic rings. The number of para-hydroxylation sites is 3. The van der Waals surface area contributed by atoms with E-state index in [1.165, 1.54) is 30.3 Å². The molecule has 2 aromatic carbocycles. The minimum atomic E-state index is -0.628. The quantitative estimate of drug-likeness (QED) is 0.378. The zero-order valence-electron chi connectivity index (χ0n) is 9.61. The molecule has 0 unspecified atom stereocenters. The van der Waals surface area contributed by atoms with Gasteiger partial charge in [0.1, 0.15) is 17.1 Å². The summed E-state index contributed by atoms with van der Waals surface area (Å²) >= 11 is 0. The number of nitroso groups, excluding NO2 is 1. The lowest BCUT2D eigenvalue weighted by Gasteiger charge is -2.09. The van der Waals surface area contributed by atoms with Gasteiger partial charge < -0.3 is 10.4 Å². The molecular weight excluding hydrogens is 250 g/mol. The van der Waals surface area contributed by atoms with Crippen molar-refractivity contribution in [2.24, 2.45) is 5.18 Å². The predicted molar refractivity (Wildman–Crippen MR) is 69.9 cm³/mol. The van der Waals surface area contributed by atoms with Crippen molar-refractivity contribution in [1.29, 1.82) is 0 Å². The standard InChI is InChI=1S/C12H9N3O4/c16-11-7-2-1-4-8(11)13-12-9(14-17)5-3-6-10(12)15(18)19/h1-7,13,16H. The van der Waals surface area contributed by atoms with E-state index >= 15 is 0 Å². The number of nitrogens with one attached hydrogen (secondary N) is 1. The van der Waals surface area contributed by atoms with E-state index in [0.29, 0.717) is 0 Å². The van der Waals surface area contributed by atoms with E-state index in [2.05, 4.69) is 10.5 Å². The first-order valence-electron chi connectivity index (χ1n) is 5.29. The molecule has 96 valence electrons. The van der Waals surface area contributed by atoms with Crippen LogP contribution in [-0.4, -0.2) is 10.0 Å². The molecule has 0 radical (unpaired) electrons. The Morgan fingerprint density at radius 2 is 1.89 bits per heavy atom. The van der Waals surface area contributed by atoms with Crippen molar-refractivity contribution in [3.8, 4) is 5.75 Å². The zero-order chi connectivity index (χ0) is 13.8. The Hall–Kier alpha value is -2.96. The molecule has 2 N–H and O–H groups in total. The number of aromatic hydroxyl groups is 1. The monoisotopic (exact) mass is 259 g/mol. The lowest BCUT2D eigenvalue weighted by atomic mass is 10.2. The maximum Gasteiger partial charge on any atom is 0.295 e. The highest BCUT2D eigenvalue weighted by atomic mass is 16.6. The Morgan fingerprint density at radius 3 is 2.53 bits per heavy atom. The molecule has 0 fully saturated rings. The summed E-state index contributed by atoms with van der Waals surface area (Å²) in [5.41, 5.74) is -0.191. The largest absolute Gasteiger partial charge is 0.506 e. The van der Waals surface area contributed by atoms with Crippen molar-refractivity contribution in [3.05, 3.63) is 57.5 Å². The second-order valence-electron chi connectivity index (χ2n) is 3.66. The third-order valence-electron chi connectivity index (χ3n) is 2.48. The van der Waals surface area contributed by atoms with E-state index in [0.717, 1.165) is 0 Å². The van der Waals surface area contributed by atoms with Gasteiger partial charge in [-0.15, -0.1) is 4.91 Å². The van der Waals surface area contributed by atoms with E-state index in [1.54, 1.807) is 12.1 Å². The van der Waals surface area contributed by atoms with Crippen molar-refractivity contribution in [3.63, 3.8) is 0 Å². The molecule has 0 amide bonds. The van der Waals surface area contributed by atoms with Gasteiger partial charge in [-0.05, 0) is 23.4 Å². The number of phenols is 1. The number of rotatable bonds is 4. The van der Waals surface area contributed by atoms with E-state index in [-0.39, 0.29) is 28.5 Å². The summed E-state index contributed by atoms with van der Waals surface area (Å²) in [5, 5.41) is 25.9. The van der Waals surface area contributed by atoms with Gasteiger partial charge in [-0.1, -0.05) is 18.2 Å². The maximum absolute atomic E-state index is 10.9. The summed E-state index contributed by atoms with van der Waals surface area (Å²) in [5.74, 6) is -0.0856. The van der Waals surface area contributed by atoms with Crippen LogP contribution in [0.3, 0.4) is 0 Å². The van der Waals surface area contributed by atoms with Crippen LogP contribution in [0.2, 0.25) is 0 Å². The Morgan fingerprint density at radius 1 is 1.16 bits per heavy atom. The zero-order valence-corrected chi connectivity index (χ0v) is 9.61. The first kappa shape index (κ1) is 12.5. The van der Waals surface area contributed by atoms with Gasteiger partial charge in [0.25, 0.3) is 5.69 Å². The molecule has 0 saturated carbocycles. The fourth-order valence-electron chi connectivity index (χ4n) is 1.60. The van der Waals surface area contributed by atoms with Crippen LogP contribution in [0.25, 0.3) is 0 Å². The molecule has 0 aliphatic rings. The van der Waals surface area contributed by atoms with Gasteiger partial charge in [0, 0.05) is 6.07 Å². The second kappa shape index (κ2) is 5.13. The Labute approximate surface area is 107 Å².